The number of nitrogens with one attached hydrogen (secondary N) is 1. The second-order valence-electron chi connectivity index (χ2n) is 9.59. The van der Waals surface area contributed by atoms with Crippen molar-refractivity contribution in [1.82, 2.24) is 5.32 Å². The summed E-state index contributed by atoms with van der Waals surface area (Å²) in [6.45, 7) is 3.94. The van der Waals surface area contributed by atoms with Gasteiger partial charge in [0.05, 0.1) is 11.1 Å². The Labute approximate surface area is 199 Å². The molecule has 4 fully saturated rings. The fraction of sp³-hybridized carbons (Fsp3) is 0.538. The van der Waals surface area contributed by atoms with Gasteiger partial charge < -0.3 is 14.8 Å². The van der Waals surface area contributed by atoms with Gasteiger partial charge in [0.1, 0.15) is 6.61 Å². The van der Waals surface area contributed by atoms with Gasteiger partial charge in [0.25, 0.3) is 0 Å². The van der Waals surface area contributed by atoms with Crippen molar-refractivity contribution < 1.29 is 9.47 Å². The van der Waals surface area contributed by atoms with E-state index in [-0.39, 0.29) is 0 Å². The molecule has 5 heteroatoms. The number of hydrogen-bond donors (Lipinski definition) is 1. The maximum absolute atomic E-state index is 6.14. The first-order valence-electron chi connectivity index (χ1n) is 11.6. The van der Waals surface area contributed by atoms with E-state index in [2.05, 4.69) is 33.4 Å². The lowest BCUT2D eigenvalue weighted by atomic mass is 9.54. The molecule has 1 N–H and O–H groups in total. The first-order chi connectivity index (χ1) is 15.1. The standard InChI is InChI=1S/C26H31BrClNO2/c1-2-30-24-13-19(12-23(27)26(24)31-15-16-4-3-5-22(28)11-16)14-29-25-20-7-17-6-18(9-20)10-21(25)8-17/h3-5,11-13,17-18,20-21,25,29H,2,6-10,14-15H2,1H3. The van der Waals surface area contributed by atoms with Crippen LogP contribution in [0.4, 0.5) is 0 Å². The quantitative estimate of drug-likeness (QED) is 0.420. The van der Waals surface area contributed by atoms with Crippen molar-refractivity contribution in [3.05, 3.63) is 57.0 Å². The van der Waals surface area contributed by atoms with Crippen molar-refractivity contribution in [3.8, 4) is 11.5 Å². The minimum Gasteiger partial charge on any atom is -0.490 e. The SMILES string of the molecule is CCOc1cc(CNC2C3CC4CC(C3)CC2C4)cc(Br)c1OCc1cccc(Cl)c1. The van der Waals surface area contributed by atoms with Crippen LogP contribution in [0.1, 0.15) is 50.2 Å². The lowest BCUT2D eigenvalue weighted by Gasteiger charge is -2.54. The van der Waals surface area contributed by atoms with Crippen molar-refractivity contribution in [3.63, 3.8) is 0 Å². The van der Waals surface area contributed by atoms with Gasteiger partial charge in [-0.25, -0.2) is 0 Å². The fourth-order valence-electron chi connectivity index (χ4n) is 6.40. The predicted octanol–water partition coefficient (Wildman–Crippen LogP) is 6.99. The molecule has 0 heterocycles. The summed E-state index contributed by atoms with van der Waals surface area (Å²) in [4.78, 5) is 0. The molecule has 4 aliphatic rings. The first kappa shape index (κ1) is 21.6. The van der Waals surface area contributed by atoms with Gasteiger partial charge in [-0.1, -0.05) is 23.7 Å². The molecule has 4 aliphatic carbocycles. The molecule has 0 saturated heterocycles. The van der Waals surface area contributed by atoms with Gasteiger partial charge in [0.15, 0.2) is 11.5 Å². The Balaban J connectivity index is 1.27. The van der Waals surface area contributed by atoms with E-state index in [1.807, 2.05) is 31.2 Å². The second-order valence-corrected chi connectivity index (χ2v) is 10.9. The molecule has 0 aromatic heterocycles. The Morgan fingerprint density at radius 3 is 2.39 bits per heavy atom. The summed E-state index contributed by atoms with van der Waals surface area (Å²) in [6, 6.07) is 12.7. The van der Waals surface area contributed by atoms with Crippen LogP contribution >= 0.6 is 27.5 Å². The van der Waals surface area contributed by atoms with E-state index >= 15 is 0 Å². The molecule has 6 rings (SSSR count). The van der Waals surface area contributed by atoms with Gasteiger partial charge in [0.2, 0.25) is 0 Å². The van der Waals surface area contributed by atoms with Crippen molar-refractivity contribution in [1.29, 1.82) is 0 Å². The molecule has 0 atom stereocenters. The Kier molecular flexibility index (Phi) is 6.50. The van der Waals surface area contributed by atoms with Gasteiger partial charge >= 0.3 is 0 Å². The van der Waals surface area contributed by atoms with Crippen LogP contribution in [0.15, 0.2) is 40.9 Å². The highest BCUT2D eigenvalue weighted by atomic mass is 79.9. The normalized spacial score (nSPS) is 28.7. The molecule has 3 nitrogen and oxygen atoms in total. The topological polar surface area (TPSA) is 30.5 Å². The van der Waals surface area contributed by atoms with Gasteiger partial charge in [-0.3, -0.25) is 0 Å². The highest BCUT2D eigenvalue weighted by Crippen LogP contribution is 2.53. The van der Waals surface area contributed by atoms with Crippen LogP contribution in [-0.2, 0) is 13.2 Å². The summed E-state index contributed by atoms with van der Waals surface area (Å²) in [5, 5.41) is 4.65. The summed E-state index contributed by atoms with van der Waals surface area (Å²) in [5.41, 5.74) is 2.27. The van der Waals surface area contributed by atoms with Gasteiger partial charge in [-0.05, 0) is 114 Å². The first-order valence-corrected chi connectivity index (χ1v) is 12.8. The van der Waals surface area contributed by atoms with Gasteiger partial charge in [-0.15, -0.1) is 0 Å². The van der Waals surface area contributed by atoms with Crippen molar-refractivity contribution >= 4 is 27.5 Å². The minimum absolute atomic E-state index is 0.449. The maximum atomic E-state index is 6.14. The summed E-state index contributed by atoms with van der Waals surface area (Å²) >= 11 is 9.83. The van der Waals surface area contributed by atoms with Crippen molar-refractivity contribution in [2.24, 2.45) is 23.7 Å². The lowest BCUT2D eigenvalue weighted by Crippen LogP contribution is -2.54. The third kappa shape index (κ3) is 4.77. The average Bonchev–Trinajstić information content (AvgIpc) is 2.72. The molecule has 31 heavy (non-hydrogen) atoms. The molecule has 2 aromatic rings. The zero-order chi connectivity index (χ0) is 21.4. The molecular formula is C26H31BrClNO2. The van der Waals surface area contributed by atoms with Gasteiger partial charge in [0, 0.05) is 17.6 Å². The van der Waals surface area contributed by atoms with E-state index < -0.39 is 0 Å². The number of ether oxygens (including phenoxy) is 2. The van der Waals surface area contributed by atoms with E-state index in [9.17, 15) is 0 Å². The Morgan fingerprint density at radius 1 is 0.968 bits per heavy atom. The molecule has 0 unspecified atom stereocenters. The molecule has 0 amide bonds. The number of hydrogen-bond acceptors (Lipinski definition) is 3. The van der Waals surface area contributed by atoms with E-state index in [1.165, 1.54) is 37.7 Å². The van der Waals surface area contributed by atoms with Gasteiger partial charge in [-0.2, -0.15) is 0 Å². The molecule has 166 valence electrons. The average molecular weight is 505 g/mol. The monoisotopic (exact) mass is 503 g/mol. The van der Waals surface area contributed by atoms with Crippen LogP contribution in [0.5, 0.6) is 11.5 Å². The van der Waals surface area contributed by atoms with E-state index in [1.54, 1.807) is 0 Å². The Bertz CT molecular complexity index is 906. The molecule has 4 bridgehead atoms. The molecular weight excluding hydrogens is 474 g/mol. The predicted molar refractivity (Wildman–Crippen MR) is 129 cm³/mol. The van der Waals surface area contributed by atoms with Crippen LogP contribution < -0.4 is 14.8 Å². The molecule has 4 saturated carbocycles. The molecule has 0 aliphatic heterocycles. The van der Waals surface area contributed by atoms with Crippen molar-refractivity contribution in [2.75, 3.05) is 6.61 Å². The number of halogens is 2. The smallest absolute Gasteiger partial charge is 0.175 e. The summed E-state index contributed by atoms with van der Waals surface area (Å²) in [6.07, 6.45) is 7.26. The fourth-order valence-corrected chi connectivity index (χ4v) is 7.22. The highest BCUT2D eigenvalue weighted by molar-refractivity contribution is 9.10. The zero-order valence-corrected chi connectivity index (χ0v) is 20.4. The molecule has 2 aromatic carbocycles. The van der Waals surface area contributed by atoms with Crippen LogP contribution in [-0.4, -0.2) is 12.6 Å². The van der Waals surface area contributed by atoms with E-state index in [0.717, 1.165) is 56.8 Å². The van der Waals surface area contributed by atoms with Crippen LogP contribution in [0.25, 0.3) is 0 Å². The van der Waals surface area contributed by atoms with Crippen molar-refractivity contribution in [2.45, 2.75) is 58.2 Å². The minimum atomic E-state index is 0.449. The van der Waals surface area contributed by atoms with E-state index in [0.29, 0.717) is 19.3 Å². The Morgan fingerprint density at radius 2 is 1.71 bits per heavy atom. The third-order valence-corrected chi connectivity index (χ3v) is 8.23. The summed E-state index contributed by atoms with van der Waals surface area (Å²) in [5.74, 6) is 5.32. The molecule has 0 radical (unpaired) electrons. The van der Waals surface area contributed by atoms with Crippen LogP contribution in [0.3, 0.4) is 0 Å². The number of rotatable bonds is 8. The third-order valence-electron chi connectivity index (χ3n) is 7.41. The number of benzene rings is 2. The molecule has 0 spiro atoms. The summed E-state index contributed by atoms with van der Waals surface area (Å²) in [7, 11) is 0. The van der Waals surface area contributed by atoms with Crippen LogP contribution in [0.2, 0.25) is 5.02 Å². The lowest BCUT2D eigenvalue weighted by molar-refractivity contribution is -0.0142. The summed E-state index contributed by atoms with van der Waals surface area (Å²) < 4.78 is 13.0. The Hall–Kier alpha value is -1.23. The maximum Gasteiger partial charge on any atom is 0.175 e. The largest absolute Gasteiger partial charge is 0.490 e. The van der Waals surface area contributed by atoms with Crippen LogP contribution in [0, 0.1) is 23.7 Å². The van der Waals surface area contributed by atoms with E-state index in [4.69, 9.17) is 21.1 Å². The highest BCUT2D eigenvalue weighted by Gasteiger charge is 2.47. The second kappa shape index (κ2) is 9.33. The zero-order valence-electron chi connectivity index (χ0n) is 18.1.